The van der Waals surface area contributed by atoms with Gasteiger partial charge in [-0.25, -0.2) is 33.8 Å². The Morgan fingerprint density at radius 1 is 0.980 bits per heavy atom. The van der Waals surface area contributed by atoms with Crippen molar-refractivity contribution in [3.8, 4) is 0 Å². The Morgan fingerprint density at radius 3 is 2.08 bits per heavy atom. The molecule has 2 aliphatic heterocycles. The lowest BCUT2D eigenvalue weighted by molar-refractivity contribution is -0.199. The van der Waals surface area contributed by atoms with Crippen molar-refractivity contribution in [1.29, 1.82) is 0 Å². The molecule has 0 spiro atoms. The molecule has 17 heteroatoms. The molecular weight excluding hydrogens is 659 g/mol. The molecule has 4 heterocycles. The van der Waals surface area contributed by atoms with Crippen molar-refractivity contribution < 1.29 is 46.9 Å². The van der Waals surface area contributed by atoms with Crippen molar-refractivity contribution in [2.45, 2.75) is 137 Å². The molecule has 2 aliphatic rings. The molecule has 0 saturated carbocycles. The number of carbonyl (C=O) groups excluding carboxylic acids is 2. The first-order valence-corrected chi connectivity index (χ1v) is 17.8. The van der Waals surface area contributed by atoms with Gasteiger partial charge in [-0.05, 0) is 83.1 Å². The normalized spacial score (nSPS) is 23.6. The van der Waals surface area contributed by atoms with Gasteiger partial charge in [-0.3, -0.25) is 13.6 Å². The molecular formula is C32H51N6O10P. The SMILES string of the molecule is C=CCOP(=O)(OC[C@H]1O[C@@H](n2cnc3c(N(C(=O)OC(C)(C)C)C(=O)OC(C)(C)C)ncnc32)[C@@H]2OC(C)(C)O[C@@H]21)N(C(C)C)C(C)C. The Balaban J connectivity index is 1.71. The first-order valence-electron chi connectivity index (χ1n) is 16.3. The first-order chi connectivity index (χ1) is 22.6. The van der Waals surface area contributed by atoms with E-state index >= 15 is 0 Å². The highest BCUT2D eigenvalue weighted by atomic mass is 31.2. The summed E-state index contributed by atoms with van der Waals surface area (Å²) in [5, 5.41) is 0. The van der Waals surface area contributed by atoms with E-state index in [0.717, 1.165) is 0 Å². The van der Waals surface area contributed by atoms with E-state index in [9.17, 15) is 14.2 Å². The van der Waals surface area contributed by atoms with E-state index in [0.29, 0.717) is 4.90 Å². The van der Waals surface area contributed by atoms with E-state index in [1.807, 2.05) is 27.7 Å². The van der Waals surface area contributed by atoms with E-state index in [4.69, 9.17) is 32.7 Å². The standard InChI is InChI=1S/C32H51N6O10P/c1-14-15-42-49(41,38(19(2)3)20(4)5)43-16-21-23-24(46-32(12,13)45-23)27(44-21)36-18-35-22-25(36)33-17-34-26(22)37(28(39)47-30(6,7)8)29(40)48-31(9,10)11/h14,17-21,23-24,27H,1,15-16H2,2-13H3/t21-,23-,24-,27-,49?/m1/s1. The van der Waals surface area contributed by atoms with Gasteiger partial charge in [0.2, 0.25) is 0 Å². The number of fused-ring (bicyclic) bond motifs is 2. The highest BCUT2D eigenvalue weighted by molar-refractivity contribution is 7.51. The smallest absolute Gasteiger partial charge is 0.425 e. The number of amides is 2. The minimum Gasteiger partial charge on any atom is -0.443 e. The van der Waals surface area contributed by atoms with Gasteiger partial charge in [0.15, 0.2) is 29.0 Å². The van der Waals surface area contributed by atoms with Gasteiger partial charge in [0.25, 0.3) is 0 Å². The van der Waals surface area contributed by atoms with Crippen LogP contribution in [0.15, 0.2) is 25.3 Å². The monoisotopic (exact) mass is 710 g/mol. The first kappa shape index (κ1) is 38.8. The average molecular weight is 711 g/mol. The summed E-state index contributed by atoms with van der Waals surface area (Å²) in [5.41, 5.74) is -1.53. The number of nitrogens with zero attached hydrogens (tertiary/aromatic N) is 6. The summed E-state index contributed by atoms with van der Waals surface area (Å²) in [7, 11) is -3.81. The predicted octanol–water partition coefficient (Wildman–Crippen LogP) is 6.37. The third-order valence-corrected chi connectivity index (χ3v) is 9.64. The predicted molar refractivity (Wildman–Crippen MR) is 180 cm³/mol. The quantitative estimate of drug-likeness (QED) is 0.187. The number of hydrogen-bond acceptors (Lipinski definition) is 13. The Bertz CT molecular complexity index is 1530. The summed E-state index contributed by atoms with van der Waals surface area (Å²) in [6.45, 7) is 24.8. The van der Waals surface area contributed by atoms with Gasteiger partial charge in [-0.2, -0.15) is 4.90 Å². The number of imide groups is 1. The van der Waals surface area contributed by atoms with Crippen LogP contribution in [0.25, 0.3) is 11.2 Å². The number of aromatic nitrogens is 4. The largest absolute Gasteiger partial charge is 0.443 e. The molecule has 0 radical (unpaired) electrons. The zero-order valence-corrected chi connectivity index (χ0v) is 31.4. The van der Waals surface area contributed by atoms with Crippen molar-refractivity contribution in [1.82, 2.24) is 24.2 Å². The second-order valence-corrected chi connectivity index (χ2v) is 16.8. The molecule has 1 unspecified atom stereocenters. The number of rotatable bonds is 11. The van der Waals surface area contributed by atoms with Crippen LogP contribution >= 0.6 is 7.75 Å². The van der Waals surface area contributed by atoms with Gasteiger partial charge >= 0.3 is 19.9 Å². The van der Waals surface area contributed by atoms with E-state index in [1.54, 1.807) is 64.6 Å². The number of anilines is 1. The van der Waals surface area contributed by atoms with Crippen LogP contribution in [0.2, 0.25) is 0 Å². The lowest BCUT2D eigenvalue weighted by Gasteiger charge is -2.36. The average Bonchev–Trinajstić information content (AvgIpc) is 3.59. The molecule has 2 amide bonds. The summed E-state index contributed by atoms with van der Waals surface area (Å²) in [4.78, 5) is 40.7. The molecule has 16 nitrogen and oxygen atoms in total. The zero-order chi connectivity index (χ0) is 36.7. The van der Waals surface area contributed by atoms with Crippen LogP contribution in [0.4, 0.5) is 15.4 Å². The molecule has 0 aliphatic carbocycles. The third kappa shape index (κ3) is 8.85. The zero-order valence-electron chi connectivity index (χ0n) is 30.5. The van der Waals surface area contributed by atoms with Gasteiger partial charge in [0.1, 0.15) is 35.8 Å². The Hall–Kier alpha value is -2.98. The molecule has 5 atom stereocenters. The van der Waals surface area contributed by atoms with E-state index in [-0.39, 0.29) is 42.3 Å². The maximum Gasteiger partial charge on any atom is 0.425 e. The fraction of sp³-hybridized carbons (Fsp3) is 0.719. The number of ether oxygens (including phenoxy) is 5. The van der Waals surface area contributed by atoms with E-state index in [2.05, 4.69) is 21.5 Å². The van der Waals surface area contributed by atoms with Crippen LogP contribution in [0, 0.1) is 0 Å². The van der Waals surface area contributed by atoms with Gasteiger partial charge < -0.3 is 23.7 Å². The van der Waals surface area contributed by atoms with Crippen molar-refractivity contribution in [3.63, 3.8) is 0 Å². The van der Waals surface area contributed by atoms with Gasteiger partial charge in [0, 0.05) is 12.1 Å². The van der Waals surface area contributed by atoms with Gasteiger partial charge in [0.05, 0.1) is 19.5 Å². The topological polar surface area (TPSA) is 166 Å². The van der Waals surface area contributed by atoms with Crippen LogP contribution in [0.3, 0.4) is 0 Å². The summed E-state index contributed by atoms with van der Waals surface area (Å²) in [5.74, 6) is -1.13. The Labute approximate surface area is 287 Å². The molecule has 0 aromatic carbocycles. The fourth-order valence-electron chi connectivity index (χ4n) is 5.72. The van der Waals surface area contributed by atoms with Crippen molar-refractivity contribution in [3.05, 3.63) is 25.3 Å². The van der Waals surface area contributed by atoms with Gasteiger partial charge in [-0.1, -0.05) is 6.08 Å². The van der Waals surface area contributed by atoms with Crippen LogP contribution in [-0.2, 0) is 37.3 Å². The minimum absolute atomic E-state index is 0.0206. The molecule has 2 aromatic heterocycles. The summed E-state index contributed by atoms with van der Waals surface area (Å²) in [6, 6.07) is -0.310. The van der Waals surface area contributed by atoms with Crippen LogP contribution in [0.5, 0.6) is 0 Å². The summed E-state index contributed by atoms with van der Waals surface area (Å²) < 4.78 is 59.5. The number of carbonyl (C=O) groups is 2. The van der Waals surface area contributed by atoms with E-state index < -0.39 is 61.5 Å². The lowest BCUT2D eigenvalue weighted by atomic mass is 10.1. The fourth-order valence-corrected chi connectivity index (χ4v) is 7.82. The second kappa shape index (κ2) is 14.3. The highest BCUT2D eigenvalue weighted by Gasteiger charge is 2.57. The molecule has 2 aromatic rings. The second-order valence-electron chi connectivity index (χ2n) is 14.9. The summed E-state index contributed by atoms with van der Waals surface area (Å²) in [6.07, 6.45) is -0.773. The molecule has 2 fully saturated rings. The van der Waals surface area contributed by atoms with Crippen molar-refractivity contribution in [2.24, 2.45) is 0 Å². The molecule has 0 N–H and O–H groups in total. The minimum atomic E-state index is -3.81. The maximum atomic E-state index is 14.2. The molecule has 49 heavy (non-hydrogen) atoms. The molecule has 4 rings (SSSR count). The molecule has 2 saturated heterocycles. The van der Waals surface area contributed by atoms with Crippen LogP contribution in [-0.4, -0.2) is 97.0 Å². The van der Waals surface area contributed by atoms with Gasteiger partial charge in [-0.15, -0.1) is 6.58 Å². The number of imidazole rings is 1. The molecule has 274 valence electrons. The molecule has 0 bridgehead atoms. The van der Waals surface area contributed by atoms with Crippen LogP contribution < -0.4 is 4.90 Å². The Kier molecular flexibility index (Phi) is 11.4. The maximum absolute atomic E-state index is 14.2. The Morgan fingerprint density at radius 2 is 1.55 bits per heavy atom. The van der Waals surface area contributed by atoms with Crippen molar-refractivity contribution >= 4 is 36.9 Å². The summed E-state index contributed by atoms with van der Waals surface area (Å²) >= 11 is 0. The lowest BCUT2D eigenvalue weighted by Crippen LogP contribution is -2.44. The highest BCUT2D eigenvalue weighted by Crippen LogP contribution is 2.55. The van der Waals surface area contributed by atoms with Crippen LogP contribution in [0.1, 0.15) is 89.3 Å². The van der Waals surface area contributed by atoms with Crippen molar-refractivity contribution in [2.75, 3.05) is 18.1 Å². The third-order valence-electron chi connectivity index (χ3n) is 7.20. The van der Waals surface area contributed by atoms with E-state index in [1.165, 1.54) is 18.7 Å². The number of hydrogen-bond donors (Lipinski definition) is 0.